The molecule has 2 aromatic rings. The van der Waals surface area contributed by atoms with Gasteiger partial charge in [-0.25, -0.2) is 8.42 Å². The lowest BCUT2D eigenvalue weighted by Gasteiger charge is -2.31. The zero-order chi connectivity index (χ0) is 21.3. The highest BCUT2D eigenvalue weighted by Crippen LogP contribution is 2.31. The molecule has 1 amide bonds. The number of nitro benzene ring substituents is 1. The first kappa shape index (κ1) is 20.9. The van der Waals surface area contributed by atoms with Crippen molar-refractivity contribution < 1.29 is 22.7 Å². The molecule has 0 unspecified atom stereocenters. The van der Waals surface area contributed by atoms with Crippen LogP contribution in [0.5, 0.6) is 0 Å². The highest BCUT2D eigenvalue weighted by molar-refractivity contribution is 7.89. The molecule has 0 bridgehead atoms. The van der Waals surface area contributed by atoms with E-state index in [0.29, 0.717) is 29.7 Å². The van der Waals surface area contributed by atoms with Crippen LogP contribution in [0, 0.1) is 30.9 Å². The number of benzene rings is 1. The van der Waals surface area contributed by atoms with Crippen LogP contribution in [-0.2, 0) is 10.0 Å². The molecule has 0 spiro atoms. The van der Waals surface area contributed by atoms with Crippen molar-refractivity contribution in [3.63, 3.8) is 0 Å². The van der Waals surface area contributed by atoms with Gasteiger partial charge in [0.15, 0.2) is 10.6 Å². The van der Waals surface area contributed by atoms with Crippen LogP contribution in [-0.4, -0.2) is 47.8 Å². The Kier molecular flexibility index (Phi) is 5.71. The molecule has 1 aliphatic rings. The number of rotatable bonds is 5. The van der Waals surface area contributed by atoms with Crippen molar-refractivity contribution in [1.29, 1.82) is 0 Å². The maximum absolute atomic E-state index is 13.0. The fourth-order valence-electron chi connectivity index (χ4n) is 3.24. The summed E-state index contributed by atoms with van der Waals surface area (Å²) in [6, 6.07) is 3.94. The summed E-state index contributed by atoms with van der Waals surface area (Å²) in [7, 11) is -4.03. The number of aryl methyl sites for hydroxylation is 3. The Labute approximate surface area is 168 Å². The Bertz CT molecular complexity index is 1050. The highest BCUT2D eigenvalue weighted by atomic mass is 32.2. The predicted octanol–water partition coefficient (Wildman–Crippen LogP) is 2.09. The molecular weight excluding hydrogens is 400 g/mol. The lowest BCUT2D eigenvalue weighted by molar-refractivity contribution is -0.387. The Morgan fingerprint density at radius 1 is 1.21 bits per heavy atom. The van der Waals surface area contributed by atoms with Crippen molar-refractivity contribution in [2.24, 2.45) is 0 Å². The third kappa shape index (κ3) is 4.30. The molecule has 1 aliphatic heterocycles. The highest BCUT2D eigenvalue weighted by Gasteiger charge is 2.35. The average Bonchev–Trinajstić information content (AvgIpc) is 3.10. The van der Waals surface area contributed by atoms with Crippen molar-refractivity contribution in [1.82, 2.24) is 14.8 Å². The minimum absolute atomic E-state index is 0.148. The summed E-state index contributed by atoms with van der Waals surface area (Å²) in [6.07, 6.45) is 0.779. The summed E-state index contributed by atoms with van der Waals surface area (Å²) in [6.45, 7) is 5.39. The van der Waals surface area contributed by atoms with Crippen molar-refractivity contribution in [2.75, 3.05) is 13.1 Å². The first-order valence-electron chi connectivity index (χ1n) is 9.09. The van der Waals surface area contributed by atoms with E-state index in [1.807, 2.05) is 0 Å². The van der Waals surface area contributed by atoms with Crippen LogP contribution in [0.25, 0.3) is 0 Å². The van der Waals surface area contributed by atoms with Gasteiger partial charge in [0.2, 0.25) is 10.0 Å². The molecule has 2 heterocycles. The van der Waals surface area contributed by atoms with Gasteiger partial charge in [-0.15, -0.1) is 0 Å². The number of hydrogen-bond donors (Lipinski definition) is 1. The standard InChI is InChI=1S/C18H22N4O6S/c1-11-8-16(22(24)25)17(9-12(11)2)29(26,27)21-6-4-14(5-7-21)19-18(23)15-10-13(3)28-20-15/h8-10,14H,4-7H2,1-3H3,(H,19,23). The molecule has 1 aromatic heterocycles. The molecular formula is C18H22N4O6S. The number of nitrogens with zero attached hydrogens (tertiary/aromatic N) is 3. The van der Waals surface area contributed by atoms with Gasteiger partial charge < -0.3 is 9.84 Å². The minimum Gasteiger partial charge on any atom is -0.361 e. The van der Waals surface area contributed by atoms with Gasteiger partial charge in [-0.05, 0) is 50.8 Å². The van der Waals surface area contributed by atoms with E-state index in [9.17, 15) is 23.3 Å². The second-order valence-corrected chi connectivity index (χ2v) is 9.04. The summed E-state index contributed by atoms with van der Waals surface area (Å²) in [4.78, 5) is 22.6. The quantitative estimate of drug-likeness (QED) is 0.575. The number of carbonyl (C=O) groups excluding carboxylic acids is 1. The van der Waals surface area contributed by atoms with E-state index in [1.54, 1.807) is 20.8 Å². The number of nitrogens with one attached hydrogen (secondary N) is 1. The Balaban J connectivity index is 1.73. The zero-order valence-electron chi connectivity index (χ0n) is 16.3. The molecule has 3 rings (SSSR count). The maximum Gasteiger partial charge on any atom is 0.289 e. The van der Waals surface area contributed by atoms with Gasteiger partial charge in [0.25, 0.3) is 11.6 Å². The monoisotopic (exact) mass is 422 g/mol. The summed E-state index contributed by atoms with van der Waals surface area (Å²) < 4.78 is 32.2. The van der Waals surface area contributed by atoms with Crippen molar-refractivity contribution in [3.05, 3.63) is 50.9 Å². The van der Waals surface area contributed by atoms with Crippen LogP contribution < -0.4 is 5.32 Å². The van der Waals surface area contributed by atoms with Gasteiger partial charge in [0.05, 0.1) is 4.92 Å². The maximum atomic E-state index is 13.0. The molecule has 11 heteroatoms. The summed E-state index contributed by atoms with van der Waals surface area (Å²) in [5.74, 6) is 0.138. The van der Waals surface area contributed by atoms with E-state index < -0.39 is 20.6 Å². The van der Waals surface area contributed by atoms with Crippen molar-refractivity contribution >= 4 is 21.6 Å². The largest absolute Gasteiger partial charge is 0.361 e. The molecule has 29 heavy (non-hydrogen) atoms. The van der Waals surface area contributed by atoms with E-state index >= 15 is 0 Å². The molecule has 0 saturated carbocycles. The number of carbonyl (C=O) groups is 1. The summed E-state index contributed by atoms with van der Waals surface area (Å²) in [5.41, 5.74) is 1.06. The normalized spacial score (nSPS) is 16.0. The number of nitro groups is 1. The number of hydrogen-bond acceptors (Lipinski definition) is 7. The molecule has 0 atom stereocenters. The fraction of sp³-hybridized carbons (Fsp3) is 0.444. The van der Waals surface area contributed by atoms with Gasteiger partial charge >= 0.3 is 0 Å². The average molecular weight is 422 g/mol. The lowest BCUT2D eigenvalue weighted by Crippen LogP contribution is -2.46. The molecule has 1 fully saturated rings. The Hall–Kier alpha value is -2.79. The topological polar surface area (TPSA) is 136 Å². The SMILES string of the molecule is Cc1cc(C(=O)NC2CCN(S(=O)(=O)c3cc(C)c(C)cc3[N+](=O)[O-])CC2)no1. The van der Waals surface area contributed by atoms with E-state index in [4.69, 9.17) is 4.52 Å². The molecule has 1 N–H and O–H groups in total. The van der Waals surface area contributed by atoms with Crippen LogP contribution in [0.3, 0.4) is 0 Å². The second-order valence-electron chi connectivity index (χ2n) is 7.14. The first-order chi connectivity index (χ1) is 13.6. The Morgan fingerprint density at radius 3 is 2.38 bits per heavy atom. The van der Waals surface area contributed by atoms with Gasteiger partial charge in [-0.1, -0.05) is 5.16 Å². The second kappa shape index (κ2) is 7.91. The lowest BCUT2D eigenvalue weighted by atomic mass is 10.1. The summed E-state index contributed by atoms with van der Waals surface area (Å²) in [5, 5.41) is 17.9. The van der Waals surface area contributed by atoms with Gasteiger partial charge in [-0.3, -0.25) is 14.9 Å². The van der Waals surface area contributed by atoms with E-state index in [0.717, 1.165) is 0 Å². The van der Waals surface area contributed by atoms with Crippen molar-refractivity contribution in [3.8, 4) is 0 Å². The number of sulfonamides is 1. The van der Waals surface area contributed by atoms with Gasteiger partial charge in [-0.2, -0.15) is 4.31 Å². The van der Waals surface area contributed by atoms with E-state index in [2.05, 4.69) is 10.5 Å². The smallest absolute Gasteiger partial charge is 0.289 e. The third-order valence-corrected chi connectivity index (χ3v) is 6.97. The number of piperidine rings is 1. The van der Waals surface area contributed by atoms with Crippen LogP contribution in [0.15, 0.2) is 27.6 Å². The predicted molar refractivity (Wildman–Crippen MR) is 103 cm³/mol. The van der Waals surface area contributed by atoms with Crippen LogP contribution in [0.1, 0.15) is 40.2 Å². The number of amides is 1. The molecule has 0 aliphatic carbocycles. The number of aromatic nitrogens is 1. The molecule has 10 nitrogen and oxygen atoms in total. The molecule has 0 radical (unpaired) electrons. The molecule has 156 valence electrons. The van der Waals surface area contributed by atoms with Gasteiger partial charge in [0.1, 0.15) is 5.76 Å². The minimum atomic E-state index is -4.03. The third-order valence-electron chi connectivity index (χ3n) is 5.04. The molecule has 1 saturated heterocycles. The van der Waals surface area contributed by atoms with Gasteiger partial charge in [0, 0.05) is 31.3 Å². The zero-order valence-corrected chi connectivity index (χ0v) is 17.2. The van der Waals surface area contributed by atoms with E-state index in [-0.39, 0.29) is 35.6 Å². The molecule has 1 aromatic carbocycles. The van der Waals surface area contributed by atoms with Crippen LogP contribution in [0.4, 0.5) is 5.69 Å². The van der Waals surface area contributed by atoms with Crippen molar-refractivity contribution in [2.45, 2.75) is 44.6 Å². The van der Waals surface area contributed by atoms with E-state index in [1.165, 1.54) is 22.5 Å². The summed E-state index contributed by atoms with van der Waals surface area (Å²) >= 11 is 0. The fourth-order valence-corrected chi connectivity index (χ4v) is 4.93. The van der Waals surface area contributed by atoms with Crippen LogP contribution >= 0.6 is 0 Å². The first-order valence-corrected chi connectivity index (χ1v) is 10.5. The Morgan fingerprint density at radius 2 is 1.83 bits per heavy atom. The van der Waals surface area contributed by atoms with Crippen LogP contribution in [0.2, 0.25) is 0 Å².